The van der Waals surface area contributed by atoms with Gasteiger partial charge >= 0.3 is 0 Å². The van der Waals surface area contributed by atoms with Gasteiger partial charge in [-0.1, -0.05) is 31.5 Å². The van der Waals surface area contributed by atoms with Crippen LogP contribution in [0.25, 0.3) is 0 Å². The van der Waals surface area contributed by atoms with Crippen molar-refractivity contribution in [2.45, 2.75) is 55.2 Å². The Hall–Kier alpha value is -0.670. The normalized spacial score (nSPS) is 25.8. The summed E-state index contributed by atoms with van der Waals surface area (Å²) in [5, 5.41) is 3.90. The molecule has 2 nitrogen and oxygen atoms in total. The minimum atomic E-state index is -0.836. The standard InChI is InChI=1S/C15H23NOS/c1-2-11-16-13-7-6-10-15(12-13)18(17)14-8-4-3-5-9-14/h3-5,8-9,13,15-16H,2,6-7,10-12H2,1H3. The van der Waals surface area contributed by atoms with E-state index in [4.69, 9.17) is 0 Å². The molecule has 100 valence electrons. The van der Waals surface area contributed by atoms with Crippen molar-refractivity contribution in [1.29, 1.82) is 0 Å². The smallest absolute Gasteiger partial charge is 0.0561 e. The van der Waals surface area contributed by atoms with Crippen LogP contribution in [0.15, 0.2) is 35.2 Å². The second-order valence-electron chi connectivity index (χ2n) is 5.05. The highest BCUT2D eigenvalue weighted by Crippen LogP contribution is 2.26. The molecule has 0 saturated heterocycles. The van der Waals surface area contributed by atoms with Gasteiger partial charge in [-0.05, 0) is 44.4 Å². The molecular formula is C15H23NOS. The van der Waals surface area contributed by atoms with E-state index in [-0.39, 0.29) is 0 Å². The Balaban J connectivity index is 1.94. The molecule has 0 bridgehead atoms. The third-order valence-corrected chi connectivity index (χ3v) is 5.36. The lowest BCUT2D eigenvalue weighted by atomic mass is 9.95. The highest BCUT2D eigenvalue weighted by molar-refractivity contribution is 7.85. The van der Waals surface area contributed by atoms with Gasteiger partial charge < -0.3 is 5.32 Å². The van der Waals surface area contributed by atoms with Crippen LogP contribution in [-0.4, -0.2) is 22.0 Å². The molecule has 1 aromatic rings. The minimum absolute atomic E-state index is 0.329. The van der Waals surface area contributed by atoms with Crippen LogP contribution in [-0.2, 0) is 10.8 Å². The Morgan fingerprint density at radius 2 is 2.06 bits per heavy atom. The van der Waals surface area contributed by atoms with Gasteiger partial charge in [0.2, 0.25) is 0 Å². The summed E-state index contributed by atoms with van der Waals surface area (Å²) in [6, 6.07) is 10.5. The maximum atomic E-state index is 12.5. The van der Waals surface area contributed by atoms with Crippen molar-refractivity contribution in [3.05, 3.63) is 30.3 Å². The Morgan fingerprint density at radius 3 is 2.78 bits per heavy atom. The van der Waals surface area contributed by atoms with Crippen molar-refractivity contribution in [3.8, 4) is 0 Å². The molecule has 3 atom stereocenters. The highest BCUT2D eigenvalue weighted by Gasteiger charge is 2.26. The fourth-order valence-corrected chi connectivity index (χ4v) is 4.22. The summed E-state index contributed by atoms with van der Waals surface area (Å²) in [6.45, 7) is 3.27. The third kappa shape index (κ3) is 3.66. The van der Waals surface area contributed by atoms with Gasteiger partial charge in [0.25, 0.3) is 0 Å². The van der Waals surface area contributed by atoms with Gasteiger partial charge in [0, 0.05) is 16.2 Å². The number of hydrogen-bond acceptors (Lipinski definition) is 2. The monoisotopic (exact) mass is 265 g/mol. The summed E-state index contributed by atoms with van der Waals surface area (Å²) in [5.41, 5.74) is 0. The number of nitrogens with one attached hydrogen (secondary N) is 1. The zero-order chi connectivity index (χ0) is 12.8. The molecule has 1 saturated carbocycles. The molecule has 0 aromatic heterocycles. The fraction of sp³-hybridized carbons (Fsp3) is 0.600. The second-order valence-corrected chi connectivity index (χ2v) is 6.78. The topological polar surface area (TPSA) is 29.1 Å². The first-order valence-corrected chi connectivity index (χ1v) is 8.21. The molecule has 0 radical (unpaired) electrons. The Morgan fingerprint density at radius 1 is 1.28 bits per heavy atom. The van der Waals surface area contributed by atoms with Gasteiger partial charge in [-0.3, -0.25) is 4.21 Å². The van der Waals surface area contributed by atoms with Crippen molar-refractivity contribution in [3.63, 3.8) is 0 Å². The quantitative estimate of drug-likeness (QED) is 0.886. The number of benzene rings is 1. The van der Waals surface area contributed by atoms with Gasteiger partial charge in [0.15, 0.2) is 0 Å². The van der Waals surface area contributed by atoms with Crippen molar-refractivity contribution >= 4 is 10.8 Å². The molecule has 0 aliphatic heterocycles. The molecule has 0 spiro atoms. The molecule has 1 N–H and O–H groups in total. The number of hydrogen-bond donors (Lipinski definition) is 1. The average Bonchev–Trinajstić information content (AvgIpc) is 2.45. The zero-order valence-corrected chi connectivity index (χ0v) is 11.9. The van der Waals surface area contributed by atoms with Crippen LogP contribution in [0.5, 0.6) is 0 Å². The van der Waals surface area contributed by atoms with Gasteiger partial charge in [0.1, 0.15) is 0 Å². The first kappa shape index (κ1) is 13.8. The predicted octanol–water partition coefficient (Wildman–Crippen LogP) is 3.11. The summed E-state index contributed by atoms with van der Waals surface area (Å²) >= 11 is 0. The second kappa shape index (κ2) is 7.05. The van der Waals surface area contributed by atoms with Gasteiger partial charge in [-0.25, -0.2) is 0 Å². The first-order chi connectivity index (χ1) is 8.81. The average molecular weight is 265 g/mol. The minimum Gasteiger partial charge on any atom is -0.314 e. The van der Waals surface area contributed by atoms with E-state index in [1.54, 1.807) is 0 Å². The van der Waals surface area contributed by atoms with E-state index < -0.39 is 10.8 Å². The van der Waals surface area contributed by atoms with Crippen LogP contribution in [0, 0.1) is 0 Å². The van der Waals surface area contributed by atoms with Crippen LogP contribution in [0.3, 0.4) is 0 Å². The molecular weight excluding hydrogens is 242 g/mol. The van der Waals surface area contributed by atoms with Gasteiger partial charge in [-0.2, -0.15) is 0 Å². The van der Waals surface area contributed by atoms with Crippen LogP contribution in [0.1, 0.15) is 39.0 Å². The van der Waals surface area contributed by atoms with Gasteiger partial charge in [-0.15, -0.1) is 0 Å². The SMILES string of the molecule is CCCNC1CCCC(S(=O)c2ccccc2)C1. The Labute approximate surface area is 113 Å². The van der Waals surface area contributed by atoms with E-state index in [9.17, 15) is 4.21 Å². The van der Waals surface area contributed by atoms with E-state index in [0.717, 1.165) is 24.3 Å². The van der Waals surface area contributed by atoms with Crippen molar-refractivity contribution in [1.82, 2.24) is 5.32 Å². The lowest BCUT2D eigenvalue weighted by molar-refractivity contribution is 0.378. The Bertz CT molecular complexity index is 379. The maximum absolute atomic E-state index is 12.5. The fourth-order valence-electron chi connectivity index (χ4n) is 2.62. The van der Waals surface area contributed by atoms with E-state index in [1.807, 2.05) is 30.3 Å². The van der Waals surface area contributed by atoms with Crippen molar-refractivity contribution in [2.75, 3.05) is 6.54 Å². The number of rotatable bonds is 5. The summed E-state index contributed by atoms with van der Waals surface area (Å²) in [4.78, 5) is 0.985. The summed E-state index contributed by atoms with van der Waals surface area (Å²) in [5.74, 6) is 0. The van der Waals surface area contributed by atoms with Crippen LogP contribution in [0.4, 0.5) is 0 Å². The van der Waals surface area contributed by atoms with Crippen molar-refractivity contribution in [2.24, 2.45) is 0 Å². The summed E-state index contributed by atoms with van der Waals surface area (Å²) in [7, 11) is -0.836. The molecule has 3 unspecified atom stereocenters. The van der Waals surface area contributed by atoms with Crippen molar-refractivity contribution < 1.29 is 4.21 Å². The molecule has 0 heterocycles. The predicted molar refractivity (Wildman–Crippen MR) is 77.2 cm³/mol. The summed E-state index contributed by atoms with van der Waals surface area (Å²) in [6.07, 6.45) is 5.77. The van der Waals surface area contributed by atoms with E-state index in [2.05, 4.69) is 12.2 Å². The molecule has 18 heavy (non-hydrogen) atoms. The van der Waals surface area contributed by atoms with Gasteiger partial charge in [0.05, 0.1) is 10.8 Å². The zero-order valence-electron chi connectivity index (χ0n) is 11.1. The third-order valence-electron chi connectivity index (χ3n) is 3.59. The molecule has 1 fully saturated rings. The molecule has 0 amide bonds. The van der Waals surface area contributed by atoms with E-state index >= 15 is 0 Å². The largest absolute Gasteiger partial charge is 0.314 e. The maximum Gasteiger partial charge on any atom is 0.0561 e. The van der Waals surface area contributed by atoms with Crippen LogP contribution in [0.2, 0.25) is 0 Å². The lowest BCUT2D eigenvalue weighted by Gasteiger charge is -2.29. The highest BCUT2D eigenvalue weighted by atomic mass is 32.2. The first-order valence-electron chi connectivity index (χ1n) is 7.00. The molecule has 3 heteroatoms. The molecule has 2 rings (SSSR count). The van der Waals surface area contributed by atoms with E-state index in [1.165, 1.54) is 19.3 Å². The van der Waals surface area contributed by atoms with E-state index in [0.29, 0.717) is 11.3 Å². The van der Waals surface area contributed by atoms with Crippen LogP contribution < -0.4 is 5.32 Å². The molecule has 1 aliphatic carbocycles. The lowest BCUT2D eigenvalue weighted by Crippen LogP contribution is -2.37. The molecule has 1 aromatic carbocycles. The van der Waals surface area contributed by atoms with Crippen LogP contribution >= 0.6 is 0 Å². The Kier molecular flexibility index (Phi) is 5.39. The summed E-state index contributed by atoms with van der Waals surface area (Å²) < 4.78 is 12.5. The molecule has 1 aliphatic rings.